The zero-order valence-electron chi connectivity index (χ0n) is 13.9. The van der Waals surface area contributed by atoms with Gasteiger partial charge in [0.05, 0.1) is 12.1 Å². The number of aliphatic hydroxyl groups excluding tert-OH is 1. The average molecular weight is 305 g/mol. The van der Waals surface area contributed by atoms with Gasteiger partial charge in [0.25, 0.3) is 0 Å². The lowest BCUT2D eigenvalue weighted by Gasteiger charge is -2.42. The van der Waals surface area contributed by atoms with Crippen molar-refractivity contribution in [3.63, 3.8) is 0 Å². The number of rotatable bonds is 7. The summed E-state index contributed by atoms with van der Waals surface area (Å²) in [5, 5.41) is 20.8. The molecular weight excluding hydrogens is 274 g/mol. The van der Waals surface area contributed by atoms with Gasteiger partial charge in [-0.3, -0.25) is 0 Å². The average Bonchev–Trinajstić information content (AvgIpc) is 2.22. The Labute approximate surface area is 123 Å². The second kappa shape index (κ2) is 7.43. The molecule has 6 heteroatoms. The van der Waals surface area contributed by atoms with Gasteiger partial charge < -0.3 is 20.0 Å². The number of amides is 1. The summed E-state index contributed by atoms with van der Waals surface area (Å²) in [5.41, 5.74) is 0. The summed E-state index contributed by atoms with van der Waals surface area (Å²) >= 11 is 0. The van der Waals surface area contributed by atoms with Crippen LogP contribution in [0.5, 0.6) is 0 Å². The van der Waals surface area contributed by atoms with Crippen LogP contribution in [0.25, 0.3) is 0 Å². The number of carboxylic acid groups (broad SMARTS) is 1. The first-order valence-corrected chi connectivity index (χ1v) is 10.1. The van der Waals surface area contributed by atoms with Crippen molar-refractivity contribution in [3.05, 3.63) is 0 Å². The van der Waals surface area contributed by atoms with Crippen LogP contribution in [0.2, 0.25) is 18.1 Å². The van der Waals surface area contributed by atoms with Crippen molar-refractivity contribution in [2.45, 2.75) is 71.3 Å². The summed E-state index contributed by atoms with van der Waals surface area (Å²) in [6, 6.07) is -0.311. The summed E-state index contributed by atoms with van der Waals surface area (Å²) in [6.07, 6.45) is -0.905. The normalized spacial score (nSPS) is 16.1. The SMILES string of the molecule is CC(C)[C@H](NC(=O)O)C(CCO)O[Si](C)(C)C(C)(C)C. The van der Waals surface area contributed by atoms with Crippen LogP contribution in [0.4, 0.5) is 4.79 Å². The first-order chi connectivity index (χ1) is 8.92. The maximum atomic E-state index is 11.0. The number of carbonyl (C=O) groups is 1. The molecule has 0 aliphatic carbocycles. The largest absolute Gasteiger partial charge is 0.465 e. The molecule has 0 radical (unpaired) electrons. The maximum absolute atomic E-state index is 11.0. The minimum absolute atomic E-state index is 0.0101. The molecular formula is C14H31NO4Si. The van der Waals surface area contributed by atoms with Crippen LogP contribution in [0.3, 0.4) is 0 Å². The van der Waals surface area contributed by atoms with Gasteiger partial charge in [-0.25, -0.2) is 4.79 Å². The van der Waals surface area contributed by atoms with Crippen LogP contribution >= 0.6 is 0 Å². The fourth-order valence-corrected chi connectivity index (χ4v) is 3.20. The molecule has 0 saturated heterocycles. The first-order valence-electron chi connectivity index (χ1n) is 7.20. The smallest absolute Gasteiger partial charge is 0.404 e. The van der Waals surface area contributed by atoms with Crippen LogP contribution in [0, 0.1) is 5.92 Å². The summed E-state index contributed by atoms with van der Waals surface area (Å²) in [7, 11) is -2.01. The Morgan fingerprint density at radius 2 is 1.80 bits per heavy atom. The van der Waals surface area contributed by atoms with Crippen LogP contribution in [-0.4, -0.2) is 43.4 Å². The van der Waals surface area contributed by atoms with Gasteiger partial charge in [0.1, 0.15) is 0 Å². The van der Waals surface area contributed by atoms with Crippen LogP contribution in [0.15, 0.2) is 0 Å². The molecule has 5 nitrogen and oxygen atoms in total. The van der Waals surface area contributed by atoms with Crippen molar-refractivity contribution in [2.24, 2.45) is 5.92 Å². The lowest BCUT2D eigenvalue weighted by Crippen LogP contribution is -2.53. The van der Waals surface area contributed by atoms with E-state index in [1.807, 2.05) is 13.8 Å². The number of aliphatic hydroxyl groups is 1. The third-order valence-electron chi connectivity index (χ3n) is 4.07. The molecule has 2 atom stereocenters. The minimum Gasteiger partial charge on any atom is -0.465 e. The van der Waals surface area contributed by atoms with Gasteiger partial charge in [-0.15, -0.1) is 0 Å². The van der Waals surface area contributed by atoms with Gasteiger partial charge >= 0.3 is 6.09 Å². The number of hydrogen-bond donors (Lipinski definition) is 3. The van der Waals surface area contributed by atoms with Crippen molar-refractivity contribution in [2.75, 3.05) is 6.61 Å². The molecule has 0 aliphatic rings. The highest BCUT2D eigenvalue weighted by atomic mass is 28.4. The molecule has 0 aromatic heterocycles. The molecule has 3 N–H and O–H groups in total. The molecule has 1 unspecified atom stereocenters. The molecule has 0 aliphatic heterocycles. The molecule has 1 amide bonds. The van der Waals surface area contributed by atoms with E-state index in [1.54, 1.807) is 0 Å². The Balaban J connectivity index is 5.15. The quantitative estimate of drug-likeness (QED) is 0.632. The third-order valence-corrected chi connectivity index (χ3v) is 8.58. The summed E-state index contributed by atoms with van der Waals surface area (Å²) < 4.78 is 6.32. The second-order valence-corrected chi connectivity index (χ2v) is 11.9. The molecule has 0 heterocycles. The van der Waals surface area contributed by atoms with E-state index in [-0.39, 0.29) is 29.7 Å². The molecule has 0 aromatic rings. The van der Waals surface area contributed by atoms with E-state index in [2.05, 4.69) is 39.2 Å². The Bertz CT molecular complexity index is 313. The second-order valence-electron chi connectivity index (χ2n) is 7.15. The Morgan fingerprint density at radius 3 is 2.10 bits per heavy atom. The zero-order chi connectivity index (χ0) is 16.1. The lowest BCUT2D eigenvalue weighted by atomic mass is 9.97. The highest BCUT2D eigenvalue weighted by Gasteiger charge is 2.41. The molecule has 0 fully saturated rings. The number of nitrogens with one attached hydrogen (secondary N) is 1. The predicted molar refractivity (Wildman–Crippen MR) is 83.6 cm³/mol. The van der Waals surface area contributed by atoms with Crippen molar-refractivity contribution in [3.8, 4) is 0 Å². The van der Waals surface area contributed by atoms with E-state index >= 15 is 0 Å². The molecule has 0 saturated carbocycles. The molecule has 0 spiro atoms. The van der Waals surface area contributed by atoms with E-state index in [1.165, 1.54) is 0 Å². The Morgan fingerprint density at radius 1 is 1.30 bits per heavy atom. The van der Waals surface area contributed by atoms with E-state index in [0.29, 0.717) is 6.42 Å². The summed E-state index contributed by atoms with van der Waals surface area (Å²) in [5.74, 6) is 0.104. The predicted octanol–water partition coefficient (Wildman–Crippen LogP) is 3.05. The van der Waals surface area contributed by atoms with Crippen molar-refractivity contribution in [1.29, 1.82) is 0 Å². The first kappa shape index (κ1) is 19.4. The van der Waals surface area contributed by atoms with Crippen LogP contribution in [-0.2, 0) is 4.43 Å². The number of hydrogen-bond acceptors (Lipinski definition) is 3. The monoisotopic (exact) mass is 305 g/mol. The van der Waals surface area contributed by atoms with Crippen molar-refractivity contribution >= 4 is 14.4 Å². The molecule has 20 heavy (non-hydrogen) atoms. The topological polar surface area (TPSA) is 78.8 Å². The summed E-state index contributed by atoms with van der Waals surface area (Å²) in [4.78, 5) is 11.0. The van der Waals surface area contributed by atoms with Crippen molar-refractivity contribution in [1.82, 2.24) is 5.32 Å². The van der Waals surface area contributed by atoms with Crippen LogP contribution in [0.1, 0.15) is 41.0 Å². The molecule has 0 rings (SSSR count). The standard InChI is InChI=1S/C14H31NO4Si/c1-10(2)12(15-13(17)18)11(8-9-16)19-20(6,7)14(3,4)5/h10-12,15-16H,8-9H2,1-7H3,(H,17,18)/t11?,12-/m0/s1. The lowest BCUT2D eigenvalue weighted by molar-refractivity contribution is 0.0835. The minimum atomic E-state index is -2.01. The van der Waals surface area contributed by atoms with E-state index < -0.39 is 14.4 Å². The van der Waals surface area contributed by atoms with Gasteiger partial charge in [0.15, 0.2) is 8.32 Å². The van der Waals surface area contributed by atoms with Crippen LogP contribution < -0.4 is 5.32 Å². The molecule has 0 aromatic carbocycles. The Kier molecular flexibility index (Phi) is 7.20. The maximum Gasteiger partial charge on any atom is 0.404 e. The van der Waals surface area contributed by atoms with Gasteiger partial charge in [-0.05, 0) is 30.5 Å². The fraction of sp³-hybridized carbons (Fsp3) is 0.929. The van der Waals surface area contributed by atoms with Gasteiger partial charge in [-0.2, -0.15) is 0 Å². The van der Waals surface area contributed by atoms with E-state index in [4.69, 9.17) is 9.53 Å². The highest BCUT2D eigenvalue weighted by Crippen LogP contribution is 2.38. The van der Waals surface area contributed by atoms with E-state index in [0.717, 1.165) is 0 Å². The zero-order valence-corrected chi connectivity index (χ0v) is 14.9. The summed E-state index contributed by atoms with van der Waals surface area (Å²) in [6.45, 7) is 14.6. The fourth-order valence-electron chi connectivity index (χ4n) is 1.83. The highest BCUT2D eigenvalue weighted by molar-refractivity contribution is 6.74. The van der Waals surface area contributed by atoms with Gasteiger partial charge in [0, 0.05) is 6.61 Å². The van der Waals surface area contributed by atoms with Gasteiger partial charge in [0.2, 0.25) is 0 Å². The Hall–Kier alpha value is -0.593. The van der Waals surface area contributed by atoms with Gasteiger partial charge in [-0.1, -0.05) is 34.6 Å². The van der Waals surface area contributed by atoms with E-state index in [9.17, 15) is 9.90 Å². The molecule has 120 valence electrons. The van der Waals surface area contributed by atoms with Crippen molar-refractivity contribution < 1.29 is 19.4 Å². The molecule has 0 bridgehead atoms. The third kappa shape index (κ3) is 5.81.